The van der Waals surface area contributed by atoms with Crippen LogP contribution in [-0.4, -0.2) is 9.55 Å². The van der Waals surface area contributed by atoms with Gasteiger partial charge in [0.25, 0.3) is 5.56 Å². The van der Waals surface area contributed by atoms with Crippen molar-refractivity contribution < 1.29 is 13.2 Å². The molecule has 0 aliphatic carbocycles. The van der Waals surface area contributed by atoms with E-state index in [1.807, 2.05) is 0 Å². The van der Waals surface area contributed by atoms with Crippen molar-refractivity contribution in [2.75, 3.05) is 0 Å². The highest BCUT2D eigenvalue weighted by molar-refractivity contribution is 6.35. The highest BCUT2D eigenvalue weighted by Gasteiger charge is 2.33. The molecule has 0 spiro atoms. The number of nitrogens with one attached hydrogen (secondary N) is 1. The first kappa shape index (κ1) is 14.7. The van der Waals surface area contributed by atoms with Gasteiger partial charge < -0.3 is 4.98 Å². The molecular formula is C11H5Cl2F3N2O2. The smallest absolute Gasteiger partial charge is 0.303 e. The van der Waals surface area contributed by atoms with Crippen molar-refractivity contribution in [1.82, 2.24) is 9.55 Å². The number of benzene rings is 1. The lowest BCUT2D eigenvalue weighted by Crippen LogP contribution is -2.35. The molecule has 0 bridgehead atoms. The molecule has 2 rings (SSSR count). The standard InChI is InChI=1S/C11H5Cl2F3N2O2/c12-5-1-2-7(6(13)3-5)18-9(19)4-8(11(14,15)16)17-10(18)20/h1-4H,(H,17,20). The lowest BCUT2D eigenvalue weighted by Gasteiger charge is -2.10. The van der Waals surface area contributed by atoms with E-state index in [0.717, 1.165) is 0 Å². The zero-order chi connectivity index (χ0) is 15.1. The van der Waals surface area contributed by atoms with Gasteiger partial charge in [-0.15, -0.1) is 0 Å². The third kappa shape index (κ3) is 2.73. The first-order chi connectivity index (χ1) is 9.20. The molecule has 9 heteroatoms. The van der Waals surface area contributed by atoms with E-state index in [4.69, 9.17) is 23.2 Å². The number of aromatic amines is 1. The first-order valence-corrected chi connectivity index (χ1v) is 5.85. The van der Waals surface area contributed by atoms with Crippen LogP contribution < -0.4 is 11.2 Å². The summed E-state index contributed by atoms with van der Waals surface area (Å²) in [6.07, 6.45) is -4.82. The molecule has 0 unspecified atom stereocenters. The number of hydrogen-bond donors (Lipinski definition) is 1. The normalized spacial score (nSPS) is 11.7. The van der Waals surface area contributed by atoms with Crippen LogP contribution in [0.15, 0.2) is 33.9 Å². The van der Waals surface area contributed by atoms with E-state index in [0.29, 0.717) is 4.57 Å². The summed E-state index contributed by atoms with van der Waals surface area (Å²) in [5.74, 6) is 0. The Labute approximate surface area is 119 Å². The molecule has 1 heterocycles. The molecule has 0 saturated heterocycles. The third-order valence-corrected chi connectivity index (χ3v) is 2.93. The van der Waals surface area contributed by atoms with E-state index in [1.54, 1.807) is 4.98 Å². The molecule has 0 amide bonds. The van der Waals surface area contributed by atoms with Gasteiger partial charge in [0, 0.05) is 11.1 Å². The summed E-state index contributed by atoms with van der Waals surface area (Å²) < 4.78 is 37.9. The molecule has 0 aliphatic heterocycles. The van der Waals surface area contributed by atoms with Crippen molar-refractivity contribution in [3.8, 4) is 5.69 Å². The van der Waals surface area contributed by atoms with Crippen molar-refractivity contribution in [3.05, 3.63) is 60.8 Å². The number of rotatable bonds is 1. The Kier molecular flexibility index (Phi) is 3.66. The largest absolute Gasteiger partial charge is 0.431 e. The van der Waals surface area contributed by atoms with E-state index in [9.17, 15) is 22.8 Å². The second kappa shape index (κ2) is 4.99. The van der Waals surface area contributed by atoms with E-state index in [1.165, 1.54) is 18.2 Å². The van der Waals surface area contributed by atoms with Gasteiger partial charge in [0.1, 0.15) is 5.69 Å². The fraction of sp³-hybridized carbons (Fsp3) is 0.0909. The van der Waals surface area contributed by atoms with Crippen LogP contribution in [0.4, 0.5) is 13.2 Å². The SMILES string of the molecule is O=c1cc(C(F)(F)F)[nH]c(=O)n1-c1ccc(Cl)cc1Cl. The molecule has 0 atom stereocenters. The predicted octanol–water partition coefficient (Wildman–Crippen LogP) is 2.85. The van der Waals surface area contributed by atoms with Gasteiger partial charge in [-0.3, -0.25) is 4.79 Å². The van der Waals surface area contributed by atoms with Crippen LogP contribution in [0.25, 0.3) is 5.69 Å². The summed E-state index contributed by atoms with van der Waals surface area (Å²) in [5.41, 5.74) is -3.87. The molecule has 106 valence electrons. The quantitative estimate of drug-likeness (QED) is 0.877. The Balaban J connectivity index is 2.71. The van der Waals surface area contributed by atoms with Gasteiger partial charge in [0.2, 0.25) is 0 Å². The maximum absolute atomic E-state index is 12.5. The van der Waals surface area contributed by atoms with Crippen LogP contribution in [-0.2, 0) is 6.18 Å². The number of H-pyrrole nitrogens is 1. The highest BCUT2D eigenvalue weighted by atomic mass is 35.5. The lowest BCUT2D eigenvalue weighted by atomic mass is 10.3. The number of hydrogen-bond acceptors (Lipinski definition) is 2. The van der Waals surface area contributed by atoms with Crippen LogP contribution in [0.1, 0.15) is 5.69 Å². The Morgan fingerprint density at radius 1 is 1.10 bits per heavy atom. The monoisotopic (exact) mass is 324 g/mol. The summed E-state index contributed by atoms with van der Waals surface area (Å²) in [6, 6.07) is 4.16. The molecule has 0 fully saturated rings. The maximum Gasteiger partial charge on any atom is 0.431 e. The molecule has 20 heavy (non-hydrogen) atoms. The Hall–Kier alpha value is -1.73. The van der Waals surface area contributed by atoms with Crippen molar-refractivity contribution in [1.29, 1.82) is 0 Å². The van der Waals surface area contributed by atoms with Gasteiger partial charge in [0.15, 0.2) is 0 Å². The number of alkyl halides is 3. The molecular weight excluding hydrogens is 320 g/mol. The number of nitrogens with zero attached hydrogens (tertiary/aromatic N) is 1. The second-order valence-electron chi connectivity index (χ2n) is 3.76. The molecule has 1 aromatic heterocycles. The summed E-state index contributed by atoms with van der Waals surface area (Å²) in [7, 11) is 0. The molecule has 0 aliphatic rings. The van der Waals surface area contributed by atoms with Gasteiger partial charge >= 0.3 is 11.9 Å². The minimum atomic E-state index is -4.82. The summed E-state index contributed by atoms with van der Waals surface area (Å²) in [4.78, 5) is 24.9. The molecule has 4 nitrogen and oxygen atoms in total. The van der Waals surface area contributed by atoms with Crippen LogP contribution in [0.2, 0.25) is 10.0 Å². The molecule has 1 N–H and O–H groups in total. The van der Waals surface area contributed by atoms with Crippen LogP contribution >= 0.6 is 23.2 Å². The van der Waals surface area contributed by atoms with Crippen LogP contribution in [0, 0.1) is 0 Å². The first-order valence-electron chi connectivity index (χ1n) is 5.09. The topological polar surface area (TPSA) is 54.9 Å². The summed E-state index contributed by atoms with van der Waals surface area (Å²) in [6.45, 7) is 0. The Morgan fingerprint density at radius 3 is 2.25 bits per heavy atom. The maximum atomic E-state index is 12.5. The summed E-state index contributed by atoms with van der Waals surface area (Å²) >= 11 is 11.5. The van der Waals surface area contributed by atoms with Crippen LogP contribution in [0.3, 0.4) is 0 Å². The molecule has 0 saturated carbocycles. The minimum absolute atomic E-state index is 0.0372. The number of halogens is 5. The second-order valence-corrected chi connectivity index (χ2v) is 4.60. The van der Waals surface area contributed by atoms with Crippen molar-refractivity contribution in [2.45, 2.75) is 6.18 Å². The predicted molar refractivity (Wildman–Crippen MR) is 67.7 cm³/mol. The van der Waals surface area contributed by atoms with Gasteiger partial charge in [-0.1, -0.05) is 23.2 Å². The van der Waals surface area contributed by atoms with Crippen LogP contribution in [0.5, 0.6) is 0 Å². The minimum Gasteiger partial charge on any atom is -0.303 e. The number of aromatic nitrogens is 2. The zero-order valence-electron chi connectivity index (χ0n) is 9.46. The Bertz CT molecular complexity index is 749. The third-order valence-electron chi connectivity index (χ3n) is 2.39. The van der Waals surface area contributed by atoms with Crippen molar-refractivity contribution >= 4 is 23.2 Å². The fourth-order valence-corrected chi connectivity index (χ4v) is 2.03. The highest BCUT2D eigenvalue weighted by Crippen LogP contribution is 2.26. The van der Waals surface area contributed by atoms with E-state index in [2.05, 4.69) is 0 Å². The van der Waals surface area contributed by atoms with Gasteiger partial charge in [-0.2, -0.15) is 13.2 Å². The van der Waals surface area contributed by atoms with Gasteiger partial charge in [-0.25, -0.2) is 9.36 Å². The zero-order valence-corrected chi connectivity index (χ0v) is 11.0. The van der Waals surface area contributed by atoms with Crippen molar-refractivity contribution in [3.63, 3.8) is 0 Å². The molecule has 0 radical (unpaired) electrons. The molecule has 1 aromatic carbocycles. The fourth-order valence-electron chi connectivity index (χ4n) is 1.54. The van der Waals surface area contributed by atoms with E-state index >= 15 is 0 Å². The lowest BCUT2D eigenvalue weighted by molar-refractivity contribution is -0.141. The van der Waals surface area contributed by atoms with E-state index < -0.39 is 23.1 Å². The van der Waals surface area contributed by atoms with Gasteiger partial charge in [0.05, 0.1) is 10.7 Å². The average molecular weight is 325 g/mol. The van der Waals surface area contributed by atoms with E-state index in [-0.39, 0.29) is 21.8 Å². The van der Waals surface area contributed by atoms with Gasteiger partial charge in [-0.05, 0) is 18.2 Å². The van der Waals surface area contributed by atoms with Crippen molar-refractivity contribution in [2.24, 2.45) is 0 Å². The Morgan fingerprint density at radius 2 is 1.75 bits per heavy atom. The average Bonchev–Trinajstić information content (AvgIpc) is 2.29. The summed E-state index contributed by atoms with van der Waals surface area (Å²) in [5, 5.41) is 0.222. The molecule has 2 aromatic rings.